The molecule has 7 heteroatoms. The van der Waals surface area contributed by atoms with Crippen LogP contribution in [-0.2, 0) is 13.2 Å². The largest absolute Gasteiger partial charge is 0.487 e. The number of hydrogen-bond acceptors (Lipinski definition) is 2. The molecule has 0 aliphatic rings. The molecule has 0 unspecified atom stereocenters. The lowest BCUT2D eigenvalue weighted by atomic mass is 10.2. The van der Waals surface area contributed by atoms with E-state index in [1.807, 2.05) is 54.6 Å². The fourth-order valence-corrected chi connectivity index (χ4v) is 4.43. The highest BCUT2D eigenvalue weighted by atomic mass is 79.9. The van der Waals surface area contributed by atoms with Gasteiger partial charge in [0.2, 0.25) is 0 Å². The van der Waals surface area contributed by atoms with Gasteiger partial charge in [-0.25, -0.2) is 0 Å². The minimum absolute atomic E-state index is 0.453. The zero-order valence-corrected chi connectivity index (χ0v) is 20.2. The van der Waals surface area contributed by atoms with Gasteiger partial charge in [-0.1, -0.05) is 51.3 Å². The van der Waals surface area contributed by atoms with Gasteiger partial charge in [-0.15, -0.1) is 0 Å². The second kappa shape index (κ2) is 9.66. The number of ether oxygens (including phenoxy) is 1. The SMILES string of the molecule is Clc1ccc(COc2c(Br)cc(Br)cc2CNc2ccc(Br)c(Cl)c2)cc1. The van der Waals surface area contributed by atoms with E-state index >= 15 is 0 Å². The maximum Gasteiger partial charge on any atom is 0.139 e. The first-order chi connectivity index (χ1) is 12.9. The predicted octanol–water partition coefficient (Wildman–Crippen LogP) is 8.47. The normalized spacial score (nSPS) is 10.7. The van der Waals surface area contributed by atoms with Crippen molar-refractivity contribution in [2.24, 2.45) is 0 Å². The van der Waals surface area contributed by atoms with Crippen LogP contribution in [0.2, 0.25) is 10.0 Å². The van der Waals surface area contributed by atoms with Crippen molar-refractivity contribution in [3.63, 3.8) is 0 Å². The Morgan fingerprint density at radius 2 is 1.59 bits per heavy atom. The highest BCUT2D eigenvalue weighted by Gasteiger charge is 2.11. The lowest BCUT2D eigenvalue weighted by Gasteiger charge is -2.16. The van der Waals surface area contributed by atoms with Crippen molar-refractivity contribution in [1.82, 2.24) is 0 Å². The summed E-state index contributed by atoms with van der Waals surface area (Å²) >= 11 is 22.7. The van der Waals surface area contributed by atoms with Crippen molar-refractivity contribution in [2.45, 2.75) is 13.2 Å². The fourth-order valence-electron chi connectivity index (χ4n) is 2.45. The summed E-state index contributed by atoms with van der Waals surface area (Å²) in [5.41, 5.74) is 3.00. The van der Waals surface area contributed by atoms with E-state index in [4.69, 9.17) is 27.9 Å². The summed E-state index contributed by atoms with van der Waals surface area (Å²) in [5.74, 6) is 0.795. The molecule has 0 spiro atoms. The summed E-state index contributed by atoms with van der Waals surface area (Å²) in [6, 6.07) is 17.4. The molecule has 0 bridgehead atoms. The molecule has 0 fully saturated rings. The number of nitrogens with one attached hydrogen (secondary N) is 1. The average molecular weight is 595 g/mol. The second-order valence-electron chi connectivity index (χ2n) is 5.77. The van der Waals surface area contributed by atoms with Crippen molar-refractivity contribution >= 4 is 76.7 Å². The molecular formula is C20H14Br3Cl2NO. The van der Waals surface area contributed by atoms with Gasteiger partial charge in [-0.3, -0.25) is 0 Å². The molecule has 0 saturated heterocycles. The first-order valence-corrected chi connectivity index (χ1v) is 11.1. The molecule has 2 nitrogen and oxygen atoms in total. The van der Waals surface area contributed by atoms with E-state index in [0.717, 1.165) is 36.0 Å². The molecule has 0 saturated carbocycles. The molecule has 27 heavy (non-hydrogen) atoms. The Morgan fingerprint density at radius 1 is 0.852 bits per heavy atom. The van der Waals surface area contributed by atoms with Crippen LogP contribution in [0.25, 0.3) is 0 Å². The van der Waals surface area contributed by atoms with Crippen LogP contribution in [0.3, 0.4) is 0 Å². The molecule has 1 N–H and O–H groups in total. The molecule has 3 aromatic carbocycles. The van der Waals surface area contributed by atoms with E-state index in [0.29, 0.717) is 23.2 Å². The van der Waals surface area contributed by atoms with Crippen LogP contribution in [0.4, 0.5) is 5.69 Å². The molecule has 3 aromatic rings. The number of halogens is 5. The Labute approximate surface area is 193 Å². The van der Waals surface area contributed by atoms with Gasteiger partial charge in [0.05, 0.1) is 9.50 Å². The molecule has 0 aliphatic carbocycles. The summed E-state index contributed by atoms with van der Waals surface area (Å²) in [5, 5.41) is 4.76. The highest BCUT2D eigenvalue weighted by Crippen LogP contribution is 2.34. The van der Waals surface area contributed by atoms with Crippen LogP contribution in [-0.4, -0.2) is 0 Å². The zero-order valence-electron chi connectivity index (χ0n) is 13.9. The third kappa shape index (κ3) is 5.88. The summed E-state index contributed by atoms with van der Waals surface area (Å²) in [4.78, 5) is 0. The van der Waals surface area contributed by atoms with Crippen molar-refractivity contribution in [3.8, 4) is 5.75 Å². The third-order valence-electron chi connectivity index (χ3n) is 3.78. The highest BCUT2D eigenvalue weighted by molar-refractivity contribution is 9.11. The maximum atomic E-state index is 6.17. The van der Waals surface area contributed by atoms with Crippen molar-refractivity contribution in [2.75, 3.05) is 5.32 Å². The Morgan fingerprint density at radius 3 is 2.30 bits per heavy atom. The van der Waals surface area contributed by atoms with Gasteiger partial charge >= 0.3 is 0 Å². The van der Waals surface area contributed by atoms with Gasteiger partial charge in [0.1, 0.15) is 12.4 Å². The second-order valence-corrected chi connectivity index (χ2v) is 9.24. The first-order valence-electron chi connectivity index (χ1n) is 7.96. The molecule has 0 heterocycles. The van der Waals surface area contributed by atoms with Gasteiger partial charge in [-0.2, -0.15) is 0 Å². The molecule has 0 radical (unpaired) electrons. The number of rotatable bonds is 6. The first kappa shape index (κ1) is 21.0. The van der Waals surface area contributed by atoms with Gasteiger partial charge < -0.3 is 10.1 Å². The molecule has 0 aliphatic heterocycles. The lowest BCUT2D eigenvalue weighted by Crippen LogP contribution is -2.05. The molecule has 0 amide bonds. The van der Waals surface area contributed by atoms with Crippen LogP contribution in [0, 0.1) is 0 Å². The quantitative estimate of drug-likeness (QED) is 0.309. The molecule has 0 aromatic heterocycles. The fraction of sp³-hybridized carbons (Fsp3) is 0.100. The van der Waals surface area contributed by atoms with Gasteiger partial charge in [-0.05, 0) is 79.9 Å². The van der Waals surface area contributed by atoms with Crippen LogP contribution < -0.4 is 10.1 Å². The van der Waals surface area contributed by atoms with Crippen molar-refractivity contribution in [3.05, 3.63) is 89.2 Å². The molecule has 0 atom stereocenters. The Balaban J connectivity index is 1.77. The van der Waals surface area contributed by atoms with Crippen molar-refractivity contribution < 1.29 is 4.74 Å². The minimum Gasteiger partial charge on any atom is -0.487 e. The lowest BCUT2D eigenvalue weighted by molar-refractivity contribution is 0.301. The third-order valence-corrected chi connectivity index (χ3v) is 6.32. The predicted molar refractivity (Wildman–Crippen MR) is 124 cm³/mol. The molecule has 140 valence electrons. The van der Waals surface area contributed by atoms with E-state index in [2.05, 4.69) is 53.1 Å². The monoisotopic (exact) mass is 591 g/mol. The summed E-state index contributed by atoms with van der Waals surface area (Å²) in [6.07, 6.45) is 0. The van der Waals surface area contributed by atoms with E-state index in [1.54, 1.807) is 0 Å². The maximum absolute atomic E-state index is 6.17. The standard InChI is InChI=1S/C20H14Br3Cl2NO/c21-14-7-13(10-26-16-5-6-17(22)19(25)9-16)20(18(23)8-14)27-11-12-1-3-15(24)4-2-12/h1-9,26H,10-11H2. The Bertz CT molecular complexity index is 949. The molecular weight excluding hydrogens is 581 g/mol. The number of anilines is 1. The van der Waals surface area contributed by atoms with Crippen molar-refractivity contribution in [1.29, 1.82) is 0 Å². The van der Waals surface area contributed by atoms with Gasteiger partial charge in [0.25, 0.3) is 0 Å². The van der Waals surface area contributed by atoms with Crippen LogP contribution in [0.5, 0.6) is 5.75 Å². The minimum atomic E-state index is 0.453. The van der Waals surface area contributed by atoms with Crippen LogP contribution in [0.1, 0.15) is 11.1 Å². The van der Waals surface area contributed by atoms with Gasteiger partial charge in [0, 0.05) is 31.8 Å². The topological polar surface area (TPSA) is 21.3 Å². The summed E-state index contributed by atoms with van der Waals surface area (Å²) in [7, 11) is 0. The molecule has 3 rings (SSSR count). The number of benzene rings is 3. The zero-order chi connectivity index (χ0) is 19.4. The van der Waals surface area contributed by atoms with Crippen LogP contribution in [0.15, 0.2) is 68.0 Å². The van der Waals surface area contributed by atoms with Crippen LogP contribution >= 0.6 is 71.0 Å². The van der Waals surface area contributed by atoms with E-state index < -0.39 is 0 Å². The van der Waals surface area contributed by atoms with E-state index in [9.17, 15) is 0 Å². The summed E-state index contributed by atoms with van der Waals surface area (Å²) < 4.78 is 8.82. The Hall–Kier alpha value is -0.720. The number of hydrogen-bond donors (Lipinski definition) is 1. The van der Waals surface area contributed by atoms with E-state index in [1.165, 1.54) is 0 Å². The summed E-state index contributed by atoms with van der Waals surface area (Å²) in [6.45, 7) is 1.04. The smallest absolute Gasteiger partial charge is 0.139 e. The van der Waals surface area contributed by atoms with Gasteiger partial charge in [0.15, 0.2) is 0 Å². The average Bonchev–Trinajstić information content (AvgIpc) is 2.63. The Kier molecular flexibility index (Phi) is 7.51. The van der Waals surface area contributed by atoms with E-state index in [-0.39, 0.29) is 0 Å².